The van der Waals surface area contributed by atoms with Gasteiger partial charge in [0.15, 0.2) is 0 Å². The Morgan fingerprint density at radius 3 is 2.80 bits per heavy atom. The number of likely N-dealkylation sites (tertiary alicyclic amines) is 1. The lowest BCUT2D eigenvalue weighted by Gasteiger charge is -2.30. The Morgan fingerprint density at radius 2 is 2.12 bits per heavy atom. The lowest BCUT2D eigenvalue weighted by Crippen LogP contribution is -3.16. The number of sulfonamides is 1. The van der Waals surface area contributed by atoms with Crippen molar-refractivity contribution in [1.29, 1.82) is 0 Å². The van der Waals surface area contributed by atoms with Crippen LogP contribution in [0.3, 0.4) is 0 Å². The second-order valence-corrected chi connectivity index (χ2v) is 8.81. The number of carbonyl (C=O) groups is 1. The predicted octanol–water partition coefficient (Wildman–Crippen LogP) is 0.825. The van der Waals surface area contributed by atoms with Crippen molar-refractivity contribution in [2.24, 2.45) is 0 Å². The van der Waals surface area contributed by atoms with E-state index >= 15 is 0 Å². The van der Waals surface area contributed by atoms with E-state index in [9.17, 15) is 13.2 Å². The minimum atomic E-state index is -3.61. The Morgan fingerprint density at radius 1 is 1.36 bits per heavy atom. The molecule has 2 atom stereocenters. The number of benzene rings is 1. The lowest BCUT2D eigenvalue weighted by atomic mass is 10.0. The molecule has 0 saturated carbocycles. The molecule has 1 fully saturated rings. The van der Waals surface area contributed by atoms with E-state index in [2.05, 4.69) is 17.0 Å². The van der Waals surface area contributed by atoms with Crippen molar-refractivity contribution in [3.05, 3.63) is 28.8 Å². The van der Waals surface area contributed by atoms with Crippen LogP contribution >= 0.6 is 11.6 Å². The van der Waals surface area contributed by atoms with Crippen molar-refractivity contribution in [2.45, 2.75) is 43.5 Å². The Balaban J connectivity index is 1.91. The van der Waals surface area contributed by atoms with Crippen LogP contribution in [0.15, 0.2) is 23.1 Å². The van der Waals surface area contributed by atoms with Gasteiger partial charge < -0.3 is 10.2 Å². The van der Waals surface area contributed by atoms with Crippen LogP contribution in [-0.4, -0.2) is 47.0 Å². The van der Waals surface area contributed by atoms with Crippen molar-refractivity contribution >= 4 is 27.5 Å². The summed E-state index contributed by atoms with van der Waals surface area (Å²) in [4.78, 5) is 14.0. The molecule has 1 aliphatic rings. The van der Waals surface area contributed by atoms with Crippen molar-refractivity contribution in [2.75, 3.05) is 26.7 Å². The molecule has 3 N–H and O–H groups in total. The first-order valence-corrected chi connectivity index (χ1v) is 10.6. The topological polar surface area (TPSA) is 79.7 Å². The van der Waals surface area contributed by atoms with Gasteiger partial charge in [0, 0.05) is 13.0 Å². The molecule has 1 aliphatic heterocycles. The highest BCUT2D eigenvalue weighted by Gasteiger charge is 2.21. The fourth-order valence-corrected chi connectivity index (χ4v) is 4.16. The number of hydrogen-bond acceptors (Lipinski definition) is 3. The summed E-state index contributed by atoms with van der Waals surface area (Å²) in [6, 6.07) is 4.80. The maximum Gasteiger partial charge on any atom is 0.252 e. The molecule has 140 valence electrons. The van der Waals surface area contributed by atoms with Gasteiger partial charge in [0.1, 0.15) is 0 Å². The summed E-state index contributed by atoms with van der Waals surface area (Å²) in [6.07, 6.45) is 4.74. The van der Waals surface area contributed by atoms with Gasteiger partial charge >= 0.3 is 0 Å². The SMILES string of the molecule is CNS(=O)(=O)c1ccc(Cl)c(C(=O)NCCC[NH+]2CCCC[C@H]2C)c1. The van der Waals surface area contributed by atoms with E-state index in [1.807, 2.05) is 0 Å². The summed E-state index contributed by atoms with van der Waals surface area (Å²) in [5.74, 6) is -0.347. The van der Waals surface area contributed by atoms with Crippen LogP contribution in [0.1, 0.15) is 43.0 Å². The molecule has 1 aromatic carbocycles. The molecule has 6 nitrogen and oxygen atoms in total. The average Bonchev–Trinajstić information content (AvgIpc) is 2.60. The van der Waals surface area contributed by atoms with E-state index < -0.39 is 10.0 Å². The van der Waals surface area contributed by atoms with Crippen LogP contribution in [0, 0.1) is 0 Å². The van der Waals surface area contributed by atoms with Crippen molar-refractivity contribution in [1.82, 2.24) is 10.0 Å². The highest BCUT2D eigenvalue weighted by atomic mass is 35.5. The second-order valence-electron chi connectivity index (χ2n) is 6.51. The van der Waals surface area contributed by atoms with Crippen molar-refractivity contribution < 1.29 is 18.1 Å². The van der Waals surface area contributed by atoms with Gasteiger partial charge in [-0.25, -0.2) is 13.1 Å². The summed E-state index contributed by atoms with van der Waals surface area (Å²) < 4.78 is 26.0. The van der Waals surface area contributed by atoms with E-state index in [-0.39, 0.29) is 21.4 Å². The highest BCUT2D eigenvalue weighted by molar-refractivity contribution is 7.89. The second kappa shape index (κ2) is 8.98. The number of carbonyl (C=O) groups excluding carboxylic acids is 1. The van der Waals surface area contributed by atoms with Gasteiger partial charge in [-0.3, -0.25) is 4.79 Å². The number of halogens is 1. The Kier molecular flexibility index (Phi) is 7.25. The first-order chi connectivity index (χ1) is 11.8. The van der Waals surface area contributed by atoms with Crippen LogP contribution in [-0.2, 0) is 10.0 Å². The molecule has 1 unspecified atom stereocenters. The lowest BCUT2D eigenvalue weighted by molar-refractivity contribution is -0.928. The zero-order valence-electron chi connectivity index (χ0n) is 14.8. The van der Waals surface area contributed by atoms with E-state index in [0.717, 1.165) is 13.0 Å². The van der Waals surface area contributed by atoms with Gasteiger partial charge in [-0.1, -0.05) is 11.6 Å². The molecule has 8 heteroatoms. The summed E-state index contributed by atoms with van der Waals surface area (Å²) in [5.41, 5.74) is 0.177. The molecule has 0 spiro atoms. The molecule has 1 heterocycles. The number of quaternary nitrogens is 1. The smallest absolute Gasteiger partial charge is 0.252 e. The fourth-order valence-electron chi connectivity index (χ4n) is 3.20. The zero-order chi connectivity index (χ0) is 18.4. The monoisotopic (exact) mass is 388 g/mol. The molecular formula is C17H27ClN3O3S+. The molecule has 0 bridgehead atoms. The van der Waals surface area contributed by atoms with Crippen molar-refractivity contribution in [3.63, 3.8) is 0 Å². The van der Waals surface area contributed by atoms with Crippen LogP contribution in [0.25, 0.3) is 0 Å². The quantitative estimate of drug-likeness (QED) is 0.605. The van der Waals surface area contributed by atoms with Gasteiger partial charge in [-0.15, -0.1) is 0 Å². The summed E-state index contributed by atoms with van der Waals surface area (Å²) in [7, 11) is -2.28. The number of rotatable bonds is 7. The maximum atomic E-state index is 12.3. The fraction of sp³-hybridized carbons (Fsp3) is 0.588. The van der Waals surface area contributed by atoms with Crippen LogP contribution in [0.4, 0.5) is 0 Å². The van der Waals surface area contributed by atoms with Gasteiger partial charge in [0.2, 0.25) is 10.0 Å². The van der Waals surface area contributed by atoms with Crippen LogP contribution in [0.2, 0.25) is 5.02 Å². The predicted molar refractivity (Wildman–Crippen MR) is 98.7 cm³/mol. The van der Waals surface area contributed by atoms with E-state index in [4.69, 9.17) is 11.6 Å². The molecule has 0 aliphatic carbocycles. The third kappa shape index (κ3) is 5.41. The van der Waals surface area contributed by atoms with Crippen LogP contribution in [0.5, 0.6) is 0 Å². The number of nitrogens with one attached hydrogen (secondary N) is 3. The first-order valence-electron chi connectivity index (χ1n) is 8.71. The molecule has 1 amide bonds. The van der Waals surface area contributed by atoms with Gasteiger partial charge in [-0.05, 0) is 51.4 Å². The molecule has 1 saturated heterocycles. The van der Waals surface area contributed by atoms with E-state index in [1.165, 1.54) is 51.1 Å². The molecule has 25 heavy (non-hydrogen) atoms. The summed E-state index contributed by atoms with van der Waals surface area (Å²) in [6.45, 7) is 5.06. The summed E-state index contributed by atoms with van der Waals surface area (Å²) >= 11 is 6.06. The van der Waals surface area contributed by atoms with Crippen molar-refractivity contribution in [3.8, 4) is 0 Å². The summed E-state index contributed by atoms with van der Waals surface area (Å²) in [5, 5.41) is 3.08. The Hall–Kier alpha value is -1.15. The minimum Gasteiger partial charge on any atom is -0.352 e. The largest absolute Gasteiger partial charge is 0.352 e. The van der Waals surface area contributed by atoms with Gasteiger partial charge in [-0.2, -0.15) is 0 Å². The number of amides is 1. The van der Waals surface area contributed by atoms with Gasteiger partial charge in [0.05, 0.1) is 34.6 Å². The Bertz CT molecular complexity index is 709. The maximum absolute atomic E-state index is 12.3. The number of piperidine rings is 1. The van der Waals surface area contributed by atoms with Gasteiger partial charge in [0.25, 0.3) is 5.91 Å². The molecule has 1 aromatic rings. The Labute approximate surface area is 155 Å². The normalized spacial score (nSPS) is 21.1. The minimum absolute atomic E-state index is 0.0242. The standard InChI is InChI=1S/C17H26ClN3O3S/c1-13-6-3-4-10-21(13)11-5-9-20-17(22)15-12-14(7-8-16(15)18)25(23,24)19-2/h7-8,12-13,19H,3-6,9-11H2,1-2H3,(H,20,22)/p+1/t13-/m1/s1. The number of hydrogen-bond donors (Lipinski definition) is 3. The third-order valence-corrected chi connectivity index (χ3v) is 6.55. The van der Waals surface area contributed by atoms with E-state index in [0.29, 0.717) is 12.6 Å². The van der Waals surface area contributed by atoms with E-state index in [1.54, 1.807) is 4.90 Å². The molecule has 0 aromatic heterocycles. The molecular weight excluding hydrogens is 362 g/mol. The molecule has 2 rings (SSSR count). The molecule has 0 radical (unpaired) electrons. The zero-order valence-corrected chi connectivity index (χ0v) is 16.3. The third-order valence-electron chi connectivity index (χ3n) is 4.80. The van der Waals surface area contributed by atoms with Crippen LogP contribution < -0.4 is 14.9 Å². The average molecular weight is 389 g/mol. The highest BCUT2D eigenvalue weighted by Crippen LogP contribution is 2.20. The first kappa shape index (κ1) is 20.2.